The molecular weight excluding hydrogens is 531 g/mol. The maximum absolute atomic E-state index is 14.1. The van der Waals surface area contributed by atoms with E-state index in [-0.39, 0.29) is 25.5 Å². The molecule has 1 aliphatic heterocycles. The molecule has 1 heterocycles. The van der Waals surface area contributed by atoms with Crippen molar-refractivity contribution in [3.63, 3.8) is 0 Å². The Morgan fingerprint density at radius 3 is 2.25 bits per heavy atom. The molecule has 3 rings (SSSR count). The number of hydrogen-bond acceptors (Lipinski definition) is 7. The van der Waals surface area contributed by atoms with Crippen LogP contribution in [0.2, 0.25) is 0 Å². The van der Waals surface area contributed by atoms with E-state index in [9.17, 15) is 18.9 Å². The highest BCUT2D eigenvalue weighted by atomic mass is 31.2. The third-order valence-electron chi connectivity index (χ3n) is 6.35. The highest BCUT2D eigenvalue weighted by Crippen LogP contribution is 2.48. The fraction of sp³-hybridized carbons (Fsp3) is 0.500. The predicted molar refractivity (Wildman–Crippen MR) is 153 cm³/mol. The number of nitrogens with one attached hydrogen (secondary N) is 1. The Hall–Kier alpha value is -3.16. The van der Waals surface area contributed by atoms with E-state index in [2.05, 4.69) is 5.32 Å². The van der Waals surface area contributed by atoms with E-state index in [1.165, 1.54) is 4.90 Å². The number of nitrogens with zero attached hydrogens (tertiary/aromatic N) is 1. The van der Waals surface area contributed by atoms with Gasteiger partial charge in [0, 0.05) is 18.7 Å². The van der Waals surface area contributed by atoms with Gasteiger partial charge in [0.15, 0.2) is 0 Å². The third kappa shape index (κ3) is 10.1. The van der Waals surface area contributed by atoms with Gasteiger partial charge < -0.3 is 24.2 Å². The highest BCUT2D eigenvalue weighted by molar-refractivity contribution is 7.60. The Labute approximate surface area is 237 Å². The van der Waals surface area contributed by atoms with Gasteiger partial charge in [0.25, 0.3) is 0 Å². The molecule has 2 aromatic carbocycles. The quantitative estimate of drug-likeness (QED) is 0.276. The average Bonchev–Trinajstić information content (AvgIpc) is 3.38. The molecule has 2 unspecified atom stereocenters. The Kier molecular flexibility index (Phi) is 11.3. The van der Waals surface area contributed by atoms with Crippen molar-refractivity contribution in [1.29, 1.82) is 0 Å². The topological polar surface area (TPSA) is 111 Å². The minimum absolute atomic E-state index is 0.0626. The number of carbonyl (C=O) groups is 3. The first kappa shape index (κ1) is 31.4. The first-order valence-corrected chi connectivity index (χ1v) is 15.7. The molecule has 0 spiro atoms. The van der Waals surface area contributed by atoms with Gasteiger partial charge in [0.05, 0.1) is 6.61 Å². The summed E-state index contributed by atoms with van der Waals surface area (Å²) in [4.78, 5) is 40.3. The van der Waals surface area contributed by atoms with Crippen molar-refractivity contribution in [3.05, 3.63) is 71.8 Å². The molecule has 2 amide bonds. The third-order valence-corrected chi connectivity index (χ3v) is 8.83. The van der Waals surface area contributed by atoms with E-state index < -0.39 is 43.0 Å². The number of likely N-dealkylation sites (tertiary alicyclic amines) is 1. The molecular formula is C30H41N2O7P. The van der Waals surface area contributed by atoms with Gasteiger partial charge in [-0.3, -0.25) is 9.36 Å². The minimum atomic E-state index is -3.57. The fourth-order valence-corrected chi connectivity index (χ4v) is 6.98. The molecule has 1 N–H and O–H groups in total. The predicted octanol–water partition coefficient (Wildman–Crippen LogP) is 5.17. The van der Waals surface area contributed by atoms with Gasteiger partial charge in [0.1, 0.15) is 24.4 Å². The van der Waals surface area contributed by atoms with Crippen molar-refractivity contribution in [1.82, 2.24) is 10.2 Å². The zero-order chi connectivity index (χ0) is 29.2. The first-order chi connectivity index (χ1) is 19.0. The Balaban J connectivity index is 1.72. The summed E-state index contributed by atoms with van der Waals surface area (Å²) in [5, 5.41) is 2.83. The first-order valence-electron chi connectivity index (χ1n) is 13.7. The maximum Gasteiger partial charge on any atom is 0.407 e. The second-order valence-corrected chi connectivity index (χ2v) is 13.5. The van der Waals surface area contributed by atoms with Gasteiger partial charge in [-0.25, -0.2) is 9.59 Å². The van der Waals surface area contributed by atoms with Crippen molar-refractivity contribution >= 4 is 25.3 Å². The highest BCUT2D eigenvalue weighted by Gasteiger charge is 2.40. The lowest BCUT2D eigenvalue weighted by Crippen LogP contribution is -2.45. The van der Waals surface area contributed by atoms with Gasteiger partial charge >= 0.3 is 12.1 Å². The molecule has 2 aromatic rings. The van der Waals surface area contributed by atoms with Crippen molar-refractivity contribution in [2.24, 2.45) is 0 Å². The lowest BCUT2D eigenvalue weighted by Gasteiger charge is -2.29. The van der Waals surface area contributed by atoms with Gasteiger partial charge in [-0.15, -0.1) is 0 Å². The molecule has 3 atom stereocenters. The number of ether oxygens (including phenoxy) is 2. The summed E-state index contributed by atoms with van der Waals surface area (Å²) in [6, 6.07) is 17.5. The van der Waals surface area contributed by atoms with Gasteiger partial charge in [-0.05, 0) is 58.1 Å². The summed E-state index contributed by atoms with van der Waals surface area (Å²) in [5.74, 6) is -0.885. The number of carbonyl (C=O) groups excluding carboxylic acids is 3. The summed E-state index contributed by atoms with van der Waals surface area (Å²) in [7, 11) is -3.57. The summed E-state index contributed by atoms with van der Waals surface area (Å²) in [6.07, 6.45) is 0.435. The van der Waals surface area contributed by atoms with Crippen LogP contribution in [0, 0.1) is 0 Å². The van der Waals surface area contributed by atoms with E-state index in [0.717, 1.165) is 11.1 Å². The second-order valence-electron chi connectivity index (χ2n) is 10.9. The van der Waals surface area contributed by atoms with Crippen molar-refractivity contribution < 1.29 is 32.9 Å². The summed E-state index contributed by atoms with van der Waals surface area (Å²) >= 11 is 0. The van der Waals surface area contributed by atoms with E-state index in [0.29, 0.717) is 25.8 Å². The van der Waals surface area contributed by atoms with Crippen LogP contribution >= 0.6 is 7.37 Å². The van der Waals surface area contributed by atoms with Crippen LogP contribution in [0.3, 0.4) is 0 Å². The molecule has 1 aliphatic rings. The summed E-state index contributed by atoms with van der Waals surface area (Å²) in [5.41, 5.74) is 1.09. The minimum Gasteiger partial charge on any atom is -0.458 e. The number of amides is 2. The van der Waals surface area contributed by atoms with Crippen LogP contribution in [-0.2, 0) is 41.2 Å². The SMILES string of the molecule is CCOP(=O)(CC(=O)N1CCC[C@H]1C(=O)OC(C)(C)C)CC(Cc1ccccc1)NC(=O)OCc1ccccc1. The van der Waals surface area contributed by atoms with Gasteiger partial charge in [-0.1, -0.05) is 60.7 Å². The van der Waals surface area contributed by atoms with Crippen molar-refractivity contribution in [2.45, 2.75) is 71.2 Å². The van der Waals surface area contributed by atoms with Crippen LogP contribution in [0.25, 0.3) is 0 Å². The normalized spacial score (nSPS) is 17.5. The molecule has 0 aromatic heterocycles. The van der Waals surface area contributed by atoms with E-state index in [1.54, 1.807) is 27.7 Å². The molecule has 218 valence electrons. The molecule has 0 bridgehead atoms. The Morgan fingerprint density at radius 1 is 1.02 bits per heavy atom. The Morgan fingerprint density at radius 2 is 1.65 bits per heavy atom. The molecule has 9 nitrogen and oxygen atoms in total. The Bertz CT molecular complexity index is 1170. The molecule has 1 fully saturated rings. The largest absolute Gasteiger partial charge is 0.458 e. The number of benzene rings is 2. The van der Waals surface area contributed by atoms with Crippen LogP contribution in [0.15, 0.2) is 60.7 Å². The van der Waals surface area contributed by atoms with Crippen molar-refractivity contribution in [2.75, 3.05) is 25.5 Å². The lowest BCUT2D eigenvalue weighted by atomic mass is 10.1. The average molecular weight is 573 g/mol. The number of alkyl carbamates (subject to hydrolysis) is 1. The van der Waals surface area contributed by atoms with E-state index >= 15 is 0 Å². The number of rotatable bonds is 12. The smallest absolute Gasteiger partial charge is 0.407 e. The molecule has 0 saturated carbocycles. The maximum atomic E-state index is 14.1. The van der Waals surface area contributed by atoms with Crippen molar-refractivity contribution in [3.8, 4) is 0 Å². The van der Waals surface area contributed by atoms with Crippen LogP contribution in [0.5, 0.6) is 0 Å². The number of hydrogen-bond donors (Lipinski definition) is 1. The second kappa shape index (κ2) is 14.5. The number of esters is 1. The van der Waals surface area contributed by atoms with E-state index in [1.807, 2.05) is 60.7 Å². The van der Waals surface area contributed by atoms with Gasteiger partial charge in [0.2, 0.25) is 13.3 Å². The molecule has 10 heteroatoms. The van der Waals surface area contributed by atoms with Crippen LogP contribution in [0.1, 0.15) is 51.7 Å². The molecule has 1 saturated heterocycles. The molecule has 0 aliphatic carbocycles. The zero-order valence-electron chi connectivity index (χ0n) is 23.8. The van der Waals surface area contributed by atoms with Crippen LogP contribution < -0.4 is 5.32 Å². The molecule has 40 heavy (non-hydrogen) atoms. The monoisotopic (exact) mass is 572 g/mol. The lowest BCUT2D eigenvalue weighted by molar-refractivity contribution is -0.162. The summed E-state index contributed by atoms with van der Waals surface area (Å²) in [6.45, 7) is 7.65. The fourth-order valence-electron chi connectivity index (χ4n) is 4.70. The van der Waals surface area contributed by atoms with Crippen LogP contribution in [0.4, 0.5) is 4.79 Å². The van der Waals surface area contributed by atoms with Gasteiger partial charge in [-0.2, -0.15) is 0 Å². The zero-order valence-corrected chi connectivity index (χ0v) is 24.7. The summed E-state index contributed by atoms with van der Waals surface area (Å²) < 4.78 is 30.7. The van der Waals surface area contributed by atoms with Crippen LogP contribution in [-0.4, -0.2) is 66.0 Å². The molecule has 0 radical (unpaired) electrons. The van der Waals surface area contributed by atoms with E-state index in [4.69, 9.17) is 14.0 Å². The standard InChI is InChI=1S/C30H41N2O7P/c1-5-38-40(36,22-27(33)32-18-12-17-26(32)28(34)39-30(2,3)4)21-25(19-23-13-8-6-9-14-23)31-29(35)37-20-24-15-10-7-11-16-24/h6-11,13-16,25-26H,5,12,17-22H2,1-4H3,(H,31,35)/t25?,26-,40?/m0/s1.